The summed E-state index contributed by atoms with van der Waals surface area (Å²) in [6, 6.07) is 0.367. The van der Waals surface area contributed by atoms with Crippen molar-refractivity contribution in [2.75, 3.05) is 46.1 Å². The topological polar surface area (TPSA) is 60.0 Å². The molecular weight excluding hydrogens is 332 g/mol. The molecule has 3 atom stereocenters. The normalized spacial score (nSPS) is 24.4. The Morgan fingerprint density at radius 2 is 1.92 bits per heavy atom. The third-order valence-corrected chi connectivity index (χ3v) is 5.77. The summed E-state index contributed by atoms with van der Waals surface area (Å²) in [5.41, 5.74) is 0. The van der Waals surface area contributed by atoms with E-state index in [1.54, 1.807) is 0 Å². The van der Waals surface area contributed by atoms with Gasteiger partial charge in [-0.3, -0.25) is 9.69 Å². The van der Waals surface area contributed by atoms with Gasteiger partial charge < -0.3 is 19.5 Å². The number of ether oxygens (including phenoxy) is 3. The van der Waals surface area contributed by atoms with E-state index in [-0.39, 0.29) is 12.0 Å². The van der Waals surface area contributed by atoms with E-state index in [0.717, 1.165) is 58.6 Å². The Balaban J connectivity index is 1.78. The molecule has 26 heavy (non-hydrogen) atoms. The molecule has 0 spiro atoms. The number of carbonyl (C=O) groups excluding carboxylic acids is 1. The van der Waals surface area contributed by atoms with Gasteiger partial charge in [-0.15, -0.1) is 0 Å². The van der Waals surface area contributed by atoms with Gasteiger partial charge in [0.15, 0.2) is 0 Å². The SMILES string of the molecule is CCC(CC)C(CNC(=O)C(C)OCC1CCCCO1)N1CCOCC1. The van der Waals surface area contributed by atoms with E-state index in [1.807, 2.05) is 6.92 Å². The van der Waals surface area contributed by atoms with Crippen LogP contribution in [0.2, 0.25) is 0 Å². The molecule has 1 N–H and O–H groups in total. The Labute approximate surface area is 158 Å². The van der Waals surface area contributed by atoms with Crippen LogP contribution in [0.15, 0.2) is 0 Å². The Morgan fingerprint density at radius 3 is 2.54 bits per heavy atom. The van der Waals surface area contributed by atoms with Crippen LogP contribution in [0.25, 0.3) is 0 Å². The maximum atomic E-state index is 12.5. The minimum atomic E-state index is -0.437. The summed E-state index contributed by atoms with van der Waals surface area (Å²) < 4.78 is 16.9. The lowest BCUT2D eigenvalue weighted by atomic mass is 9.92. The summed E-state index contributed by atoms with van der Waals surface area (Å²) in [6.07, 6.45) is 5.30. The van der Waals surface area contributed by atoms with Gasteiger partial charge in [0, 0.05) is 32.3 Å². The fourth-order valence-corrected chi connectivity index (χ4v) is 3.95. The number of nitrogens with one attached hydrogen (secondary N) is 1. The maximum absolute atomic E-state index is 12.5. The Kier molecular flexibility index (Phi) is 9.89. The molecule has 0 aromatic rings. The maximum Gasteiger partial charge on any atom is 0.248 e. The first-order valence-electron chi connectivity index (χ1n) is 10.5. The zero-order valence-electron chi connectivity index (χ0n) is 16.9. The molecule has 2 fully saturated rings. The van der Waals surface area contributed by atoms with Crippen molar-refractivity contribution >= 4 is 5.91 Å². The highest BCUT2D eigenvalue weighted by Crippen LogP contribution is 2.20. The van der Waals surface area contributed by atoms with Crippen LogP contribution in [0.5, 0.6) is 0 Å². The van der Waals surface area contributed by atoms with Crippen LogP contribution in [-0.4, -0.2) is 75.1 Å². The Hall–Kier alpha value is -0.690. The molecule has 2 aliphatic rings. The highest BCUT2D eigenvalue weighted by atomic mass is 16.5. The number of hydrogen-bond acceptors (Lipinski definition) is 5. The van der Waals surface area contributed by atoms with Gasteiger partial charge in [0.2, 0.25) is 5.91 Å². The third kappa shape index (κ3) is 6.80. The van der Waals surface area contributed by atoms with Gasteiger partial charge in [-0.2, -0.15) is 0 Å². The van der Waals surface area contributed by atoms with Gasteiger partial charge in [-0.25, -0.2) is 0 Å². The summed E-state index contributed by atoms with van der Waals surface area (Å²) in [4.78, 5) is 15.0. The second-order valence-corrected chi connectivity index (χ2v) is 7.50. The third-order valence-electron chi connectivity index (χ3n) is 5.77. The van der Waals surface area contributed by atoms with E-state index in [9.17, 15) is 4.79 Å². The van der Waals surface area contributed by atoms with Crippen LogP contribution in [0.3, 0.4) is 0 Å². The molecule has 0 bridgehead atoms. The minimum absolute atomic E-state index is 0.0231. The molecule has 2 saturated heterocycles. The van der Waals surface area contributed by atoms with E-state index in [0.29, 0.717) is 25.1 Å². The van der Waals surface area contributed by atoms with E-state index in [4.69, 9.17) is 14.2 Å². The predicted octanol–water partition coefficient (Wildman–Crippen LogP) is 2.21. The van der Waals surface area contributed by atoms with Crippen molar-refractivity contribution in [2.45, 2.75) is 71.1 Å². The lowest BCUT2D eigenvalue weighted by Gasteiger charge is -2.39. The molecule has 0 aliphatic carbocycles. The average Bonchev–Trinajstić information content (AvgIpc) is 2.70. The van der Waals surface area contributed by atoms with Crippen molar-refractivity contribution in [2.24, 2.45) is 5.92 Å². The van der Waals surface area contributed by atoms with Crippen molar-refractivity contribution in [3.63, 3.8) is 0 Å². The largest absolute Gasteiger partial charge is 0.379 e. The van der Waals surface area contributed by atoms with Gasteiger partial charge in [0.25, 0.3) is 0 Å². The van der Waals surface area contributed by atoms with E-state index in [2.05, 4.69) is 24.1 Å². The fraction of sp³-hybridized carbons (Fsp3) is 0.950. The molecule has 6 heteroatoms. The number of rotatable bonds is 10. The molecule has 0 aromatic carbocycles. The molecule has 152 valence electrons. The van der Waals surface area contributed by atoms with Gasteiger partial charge >= 0.3 is 0 Å². The van der Waals surface area contributed by atoms with Crippen molar-refractivity contribution in [1.29, 1.82) is 0 Å². The second-order valence-electron chi connectivity index (χ2n) is 7.50. The number of morpholine rings is 1. The van der Waals surface area contributed by atoms with Crippen LogP contribution in [-0.2, 0) is 19.0 Å². The van der Waals surface area contributed by atoms with Gasteiger partial charge in [0.1, 0.15) is 6.10 Å². The molecule has 0 radical (unpaired) electrons. The zero-order chi connectivity index (χ0) is 18.8. The summed E-state index contributed by atoms with van der Waals surface area (Å²) in [5.74, 6) is 0.560. The summed E-state index contributed by atoms with van der Waals surface area (Å²) in [7, 11) is 0. The van der Waals surface area contributed by atoms with E-state index >= 15 is 0 Å². The summed E-state index contributed by atoms with van der Waals surface area (Å²) in [6.45, 7) is 11.8. The smallest absolute Gasteiger partial charge is 0.248 e. The first-order valence-corrected chi connectivity index (χ1v) is 10.5. The number of amides is 1. The highest BCUT2D eigenvalue weighted by molar-refractivity contribution is 5.80. The molecule has 3 unspecified atom stereocenters. The second kappa shape index (κ2) is 11.9. The first-order chi connectivity index (χ1) is 12.7. The quantitative estimate of drug-likeness (QED) is 0.639. The number of hydrogen-bond donors (Lipinski definition) is 1. The predicted molar refractivity (Wildman–Crippen MR) is 102 cm³/mol. The summed E-state index contributed by atoms with van der Waals surface area (Å²) in [5, 5.41) is 3.13. The molecular formula is C20H38N2O4. The van der Waals surface area contributed by atoms with Crippen LogP contribution in [0, 0.1) is 5.92 Å². The Bertz CT molecular complexity index is 391. The zero-order valence-corrected chi connectivity index (χ0v) is 16.9. The van der Waals surface area contributed by atoms with Crippen LogP contribution in [0.1, 0.15) is 52.9 Å². The molecule has 0 saturated carbocycles. The fourth-order valence-electron chi connectivity index (χ4n) is 3.95. The van der Waals surface area contributed by atoms with Crippen LogP contribution in [0.4, 0.5) is 0 Å². The van der Waals surface area contributed by atoms with Crippen molar-refractivity contribution in [3.05, 3.63) is 0 Å². The Morgan fingerprint density at radius 1 is 1.19 bits per heavy atom. The average molecular weight is 371 g/mol. The summed E-state index contributed by atoms with van der Waals surface area (Å²) >= 11 is 0. The van der Waals surface area contributed by atoms with E-state index in [1.165, 1.54) is 6.42 Å². The standard InChI is InChI=1S/C20H38N2O4/c1-4-17(5-2)19(22-9-12-24-13-10-22)14-21-20(23)16(3)26-15-18-8-6-7-11-25-18/h16-19H,4-15H2,1-3H3,(H,21,23). The molecule has 2 aliphatic heterocycles. The van der Waals surface area contributed by atoms with Gasteiger partial charge in [0.05, 0.1) is 25.9 Å². The lowest BCUT2D eigenvalue weighted by Crippen LogP contribution is -2.53. The number of carbonyl (C=O) groups is 1. The van der Waals surface area contributed by atoms with Crippen LogP contribution < -0.4 is 5.32 Å². The van der Waals surface area contributed by atoms with Crippen molar-refractivity contribution in [3.8, 4) is 0 Å². The van der Waals surface area contributed by atoms with Crippen molar-refractivity contribution < 1.29 is 19.0 Å². The minimum Gasteiger partial charge on any atom is -0.379 e. The molecule has 0 aromatic heterocycles. The van der Waals surface area contributed by atoms with E-state index < -0.39 is 6.10 Å². The molecule has 2 heterocycles. The van der Waals surface area contributed by atoms with Crippen molar-refractivity contribution in [1.82, 2.24) is 10.2 Å². The molecule has 6 nitrogen and oxygen atoms in total. The van der Waals surface area contributed by atoms with Gasteiger partial charge in [-0.1, -0.05) is 26.7 Å². The molecule has 1 amide bonds. The van der Waals surface area contributed by atoms with Gasteiger partial charge in [-0.05, 0) is 32.1 Å². The lowest BCUT2D eigenvalue weighted by molar-refractivity contribution is -0.136. The monoisotopic (exact) mass is 370 g/mol. The van der Waals surface area contributed by atoms with Crippen LogP contribution >= 0.6 is 0 Å². The highest BCUT2D eigenvalue weighted by Gasteiger charge is 2.28. The first kappa shape index (κ1) is 21.6. The molecule has 2 rings (SSSR count). The number of nitrogens with zero attached hydrogens (tertiary/aromatic N) is 1.